The maximum atomic E-state index is 12.7. The van der Waals surface area contributed by atoms with Crippen LogP contribution in [0, 0.1) is 6.92 Å². The van der Waals surface area contributed by atoms with Crippen molar-refractivity contribution in [3.63, 3.8) is 0 Å². The van der Waals surface area contributed by atoms with E-state index in [4.69, 9.17) is 0 Å². The predicted octanol–water partition coefficient (Wildman–Crippen LogP) is 5.93. The van der Waals surface area contributed by atoms with Crippen LogP contribution in [-0.4, -0.2) is 46.8 Å². The van der Waals surface area contributed by atoms with Gasteiger partial charge in [-0.2, -0.15) is 5.10 Å². The van der Waals surface area contributed by atoms with Crippen molar-refractivity contribution in [2.75, 3.05) is 26.2 Å². The number of nitrogens with zero attached hydrogens (tertiary/aromatic N) is 3. The van der Waals surface area contributed by atoms with Crippen LogP contribution in [0.5, 0.6) is 0 Å². The van der Waals surface area contributed by atoms with Crippen LogP contribution in [0.2, 0.25) is 0 Å². The standard InChI is InChI=1S/C29H40N4O/c1-4-32(5-2)20-13-8-6-7-12-19-30-28(34)23-33-29(25-16-10-9-11-17-25)27(22-31-33)26-18-14-15-24(3)21-26/h9-11,14-18,21-22H,4-8,12-13,19-20,23H2,1-3H3,(H,30,34). The molecule has 0 saturated heterocycles. The maximum Gasteiger partial charge on any atom is 0.241 e. The Morgan fingerprint density at radius 2 is 1.62 bits per heavy atom. The first-order valence-electron chi connectivity index (χ1n) is 12.8. The number of nitrogens with one attached hydrogen (secondary N) is 1. The topological polar surface area (TPSA) is 50.2 Å². The van der Waals surface area contributed by atoms with Crippen molar-refractivity contribution in [1.29, 1.82) is 0 Å². The second kappa shape index (κ2) is 13.7. The van der Waals surface area contributed by atoms with E-state index >= 15 is 0 Å². The molecule has 0 aliphatic rings. The normalized spacial score (nSPS) is 11.2. The number of rotatable bonds is 14. The van der Waals surface area contributed by atoms with Gasteiger partial charge in [-0.05, 0) is 45.0 Å². The average molecular weight is 461 g/mol. The van der Waals surface area contributed by atoms with Gasteiger partial charge < -0.3 is 10.2 Å². The van der Waals surface area contributed by atoms with Gasteiger partial charge in [0.05, 0.1) is 11.9 Å². The molecule has 2 aromatic carbocycles. The SMILES string of the molecule is CCN(CC)CCCCCCCNC(=O)Cn1ncc(-c2cccc(C)c2)c1-c1ccccc1. The summed E-state index contributed by atoms with van der Waals surface area (Å²) in [5.41, 5.74) is 5.41. The molecular formula is C29H40N4O. The van der Waals surface area contributed by atoms with Crippen LogP contribution < -0.4 is 5.32 Å². The summed E-state index contributed by atoms with van der Waals surface area (Å²) >= 11 is 0. The first-order chi connectivity index (χ1) is 16.6. The number of carbonyl (C=O) groups is 1. The highest BCUT2D eigenvalue weighted by atomic mass is 16.2. The third-order valence-electron chi connectivity index (χ3n) is 6.38. The number of benzene rings is 2. The fraction of sp³-hybridized carbons (Fsp3) is 0.448. The third-order valence-corrected chi connectivity index (χ3v) is 6.38. The van der Waals surface area contributed by atoms with E-state index in [9.17, 15) is 4.79 Å². The van der Waals surface area contributed by atoms with Crippen LogP contribution in [-0.2, 0) is 11.3 Å². The average Bonchev–Trinajstić information content (AvgIpc) is 3.27. The molecule has 0 radical (unpaired) electrons. The predicted molar refractivity (Wildman–Crippen MR) is 142 cm³/mol. The Kier molecular flexibility index (Phi) is 10.4. The Balaban J connectivity index is 1.53. The number of hydrogen-bond acceptors (Lipinski definition) is 3. The smallest absolute Gasteiger partial charge is 0.241 e. The number of carbonyl (C=O) groups excluding carboxylic acids is 1. The molecule has 0 bridgehead atoms. The molecule has 0 unspecified atom stereocenters. The van der Waals surface area contributed by atoms with Crippen LogP contribution >= 0.6 is 0 Å². The van der Waals surface area contributed by atoms with E-state index in [1.165, 1.54) is 31.4 Å². The zero-order valence-electron chi connectivity index (χ0n) is 21.1. The lowest BCUT2D eigenvalue weighted by atomic mass is 10.0. The van der Waals surface area contributed by atoms with Gasteiger partial charge in [0, 0.05) is 17.7 Å². The fourth-order valence-corrected chi connectivity index (χ4v) is 4.38. The van der Waals surface area contributed by atoms with Gasteiger partial charge >= 0.3 is 0 Å². The molecule has 3 aromatic rings. The molecule has 1 amide bonds. The van der Waals surface area contributed by atoms with Crippen molar-refractivity contribution in [2.24, 2.45) is 0 Å². The van der Waals surface area contributed by atoms with Gasteiger partial charge in [0.1, 0.15) is 6.54 Å². The van der Waals surface area contributed by atoms with Crippen molar-refractivity contribution in [3.8, 4) is 22.4 Å². The Bertz CT molecular complexity index is 1010. The summed E-state index contributed by atoms with van der Waals surface area (Å²) in [6, 6.07) is 18.6. The van der Waals surface area contributed by atoms with E-state index in [1.54, 1.807) is 0 Å². The number of unbranched alkanes of at least 4 members (excludes halogenated alkanes) is 4. The van der Waals surface area contributed by atoms with Gasteiger partial charge in [-0.1, -0.05) is 93.3 Å². The molecule has 0 aliphatic carbocycles. The molecule has 1 heterocycles. The molecule has 0 spiro atoms. The van der Waals surface area contributed by atoms with Crippen LogP contribution in [0.25, 0.3) is 22.4 Å². The monoisotopic (exact) mass is 460 g/mol. The molecule has 5 heteroatoms. The second-order valence-corrected chi connectivity index (χ2v) is 8.94. The lowest BCUT2D eigenvalue weighted by Crippen LogP contribution is -2.29. The minimum Gasteiger partial charge on any atom is -0.354 e. The van der Waals surface area contributed by atoms with Gasteiger partial charge in [0.15, 0.2) is 0 Å². The molecule has 34 heavy (non-hydrogen) atoms. The summed E-state index contributed by atoms with van der Waals surface area (Å²) < 4.78 is 1.83. The summed E-state index contributed by atoms with van der Waals surface area (Å²) in [4.78, 5) is 15.2. The van der Waals surface area contributed by atoms with E-state index < -0.39 is 0 Å². The van der Waals surface area contributed by atoms with Crippen molar-refractivity contribution in [3.05, 3.63) is 66.4 Å². The van der Waals surface area contributed by atoms with Gasteiger partial charge in [-0.3, -0.25) is 9.48 Å². The van der Waals surface area contributed by atoms with E-state index in [1.807, 2.05) is 29.1 Å². The third kappa shape index (κ3) is 7.56. The quantitative estimate of drug-likeness (QED) is 0.303. The highest BCUT2D eigenvalue weighted by Crippen LogP contribution is 2.32. The summed E-state index contributed by atoms with van der Waals surface area (Å²) in [5.74, 6) is 0.0117. The summed E-state index contributed by atoms with van der Waals surface area (Å²) in [7, 11) is 0. The van der Waals surface area contributed by atoms with Gasteiger partial charge in [-0.15, -0.1) is 0 Å². The molecule has 0 aliphatic heterocycles. The van der Waals surface area contributed by atoms with Gasteiger partial charge in [0.2, 0.25) is 5.91 Å². The lowest BCUT2D eigenvalue weighted by molar-refractivity contribution is -0.121. The Hall–Kier alpha value is -2.92. The molecule has 1 N–H and O–H groups in total. The molecule has 1 aromatic heterocycles. The number of aryl methyl sites for hydroxylation is 1. The molecule has 5 nitrogen and oxygen atoms in total. The van der Waals surface area contributed by atoms with Gasteiger partial charge in [-0.25, -0.2) is 0 Å². The molecule has 0 atom stereocenters. The van der Waals surface area contributed by atoms with E-state index in [2.05, 4.69) is 72.5 Å². The van der Waals surface area contributed by atoms with E-state index in [0.717, 1.165) is 54.9 Å². The van der Waals surface area contributed by atoms with E-state index in [0.29, 0.717) is 0 Å². The van der Waals surface area contributed by atoms with Crippen molar-refractivity contribution in [2.45, 2.75) is 59.4 Å². The zero-order valence-corrected chi connectivity index (χ0v) is 21.1. The Morgan fingerprint density at radius 3 is 2.35 bits per heavy atom. The number of aromatic nitrogens is 2. The molecule has 3 rings (SSSR count). The zero-order chi connectivity index (χ0) is 24.2. The lowest BCUT2D eigenvalue weighted by Gasteiger charge is -2.17. The van der Waals surface area contributed by atoms with Crippen LogP contribution in [0.3, 0.4) is 0 Å². The minimum atomic E-state index is 0.0117. The van der Waals surface area contributed by atoms with Crippen molar-refractivity contribution in [1.82, 2.24) is 20.0 Å². The van der Waals surface area contributed by atoms with Crippen LogP contribution in [0.4, 0.5) is 0 Å². The van der Waals surface area contributed by atoms with Crippen LogP contribution in [0.1, 0.15) is 51.5 Å². The minimum absolute atomic E-state index is 0.0117. The summed E-state index contributed by atoms with van der Waals surface area (Å²) in [6.45, 7) is 11.0. The van der Waals surface area contributed by atoms with E-state index in [-0.39, 0.29) is 12.5 Å². The van der Waals surface area contributed by atoms with Crippen molar-refractivity contribution < 1.29 is 4.79 Å². The number of hydrogen-bond donors (Lipinski definition) is 1. The first-order valence-corrected chi connectivity index (χ1v) is 12.8. The molecule has 182 valence electrons. The largest absolute Gasteiger partial charge is 0.354 e. The fourth-order valence-electron chi connectivity index (χ4n) is 4.38. The van der Waals surface area contributed by atoms with Crippen LogP contribution in [0.15, 0.2) is 60.8 Å². The Morgan fingerprint density at radius 1 is 0.912 bits per heavy atom. The maximum absolute atomic E-state index is 12.7. The second-order valence-electron chi connectivity index (χ2n) is 8.94. The highest BCUT2D eigenvalue weighted by molar-refractivity contribution is 5.83. The van der Waals surface area contributed by atoms with Gasteiger partial charge in [0.25, 0.3) is 0 Å². The highest BCUT2D eigenvalue weighted by Gasteiger charge is 2.16. The summed E-state index contributed by atoms with van der Waals surface area (Å²) in [5, 5.41) is 7.68. The Labute approximate surface area is 205 Å². The summed E-state index contributed by atoms with van der Waals surface area (Å²) in [6.07, 6.45) is 7.82. The molecule has 0 fully saturated rings. The first kappa shape index (κ1) is 25.7. The molecule has 0 saturated carbocycles. The van der Waals surface area contributed by atoms with Crippen molar-refractivity contribution >= 4 is 5.91 Å². The number of amides is 1. The molecular weight excluding hydrogens is 420 g/mol.